The molecule has 0 N–H and O–H groups in total. The molecule has 4 aliphatic rings. The van der Waals surface area contributed by atoms with Crippen LogP contribution in [-0.2, 0) is 4.74 Å². The molecule has 1 aromatic rings. The van der Waals surface area contributed by atoms with Crippen LogP contribution in [0.1, 0.15) is 42.5 Å². The number of ether oxygens (including phenoxy) is 1. The Morgan fingerprint density at radius 2 is 1.71 bits per heavy atom. The second kappa shape index (κ2) is 4.33. The van der Waals surface area contributed by atoms with Crippen LogP contribution in [0.15, 0.2) is 30.3 Å². The van der Waals surface area contributed by atoms with Crippen LogP contribution in [0.2, 0.25) is 0 Å². The number of carbonyl (C=O) groups is 1. The minimum absolute atomic E-state index is 0.0744. The van der Waals surface area contributed by atoms with E-state index in [0.29, 0.717) is 5.56 Å². The highest BCUT2D eigenvalue weighted by Crippen LogP contribution is 2.66. The first kappa shape index (κ1) is 13.3. The number of esters is 1. The standard InChI is InChI=1S/C18H23NO2/c1-19(2)17-9-13-8-14(10-17)12-18(17,11-13)21-16(20)15-6-4-3-5-7-15/h3-7,13-14H,8-12H2,1-2H3/t13-,14-,17?,18?/m1/s1. The molecular weight excluding hydrogens is 262 g/mol. The van der Waals surface area contributed by atoms with Gasteiger partial charge in [-0.3, -0.25) is 0 Å². The fraction of sp³-hybridized carbons (Fsp3) is 0.611. The lowest BCUT2D eigenvalue weighted by atomic mass is 9.80. The average molecular weight is 285 g/mol. The molecule has 0 aliphatic heterocycles. The molecule has 0 heterocycles. The average Bonchev–Trinajstić information content (AvgIpc) is 2.81. The van der Waals surface area contributed by atoms with Crippen molar-refractivity contribution in [3.8, 4) is 0 Å². The molecule has 4 saturated carbocycles. The van der Waals surface area contributed by atoms with Gasteiger partial charge in [0.25, 0.3) is 0 Å². The Morgan fingerprint density at radius 3 is 2.29 bits per heavy atom. The molecule has 4 bridgehead atoms. The quantitative estimate of drug-likeness (QED) is 0.799. The molecule has 21 heavy (non-hydrogen) atoms. The molecule has 0 amide bonds. The highest BCUT2D eigenvalue weighted by Gasteiger charge is 2.70. The van der Waals surface area contributed by atoms with Crippen molar-refractivity contribution in [2.24, 2.45) is 11.8 Å². The Labute approximate surface area is 126 Å². The fourth-order valence-corrected chi connectivity index (χ4v) is 5.52. The van der Waals surface area contributed by atoms with Crippen molar-refractivity contribution in [1.29, 1.82) is 0 Å². The summed E-state index contributed by atoms with van der Waals surface area (Å²) in [6.45, 7) is 0. The minimum Gasteiger partial charge on any atom is -0.453 e. The monoisotopic (exact) mass is 285 g/mol. The van der Waals surface area contributed by atoms with Crippen molar-refractivity contribution >= 4 is 5.97 Å². The zero-order valence-electron chi connectivity index (χ0n) is 12.8. The predicted molar refractivity (Wildman–Crippen MR) is 81.1 cm³/mol. The minimum atomic E-state index is -0.253. The van der Waals surface area contributed by atoms with Crippen LogP contribution in [0.25, 0.3) is 0 Å². The van der Waals surface area contributed by atoms with E-state index in [2.05, 4.69) is 19.0 Å². The summed E-state index contributed by atoms with van der Waals surface area (Å²) in [5, 5.41) is 0. The molecule has 0 unspecified atom stereocenters. The number of rotatable bonds is 3. The molecule has 5 rings (SSSR count). The van der Waals surface area contributed by atoms with Crippen molar-refractivity contribution in [3.05, 3.63) is 35.9 Å². The number of nitrogens with zero attached hydrogens (tertiary/aromatic N) is 1. The number of carbonyl (C=O) groups excluding carboxylic acids is 1. The maximum atomic E-state index is 12.6. The smallest absolute Gasteiger partial charge is 0.338 e. The predicted octanol–water partition coefficient (Wildman–Crippen LogP) is 3.11. The second-order valence-electron chi connectivity index (χ2n) is 7.46. The molecule has 1 aromatic carbocycles. The van der Waals surface area contributed by atoms with Crippen molar-refractivity contribution in [2.45, 2.75) is 43.2 Å². The Balaban J connectivity index is 1.66. The van der Waals surface area contributed by atoms with Gasteiger partial charge in [-0.05, 0) is 70.2 Å². The number of hydrogen-bond acceptors (Lipinski definition) is 3. The first-order valence-electron chi connectivity index (χ1n) is 8.00. The Hall–Kier alpha value is -1.35. The van der Waals surface area contributed by atoms with E-state index in [4.69, 9.17) is 4.74 Å². The van der Waals surface area contributed by atoms with E-state index in [1.54, 1.807) is 0 Å². The van der Waals surface area contributed by atoms with E-state index in [1.165, 1.54) is 19.3 Å². The van der Waals surface area contributed by atoms with E-state index in [9.17, 15) is 4.79 Å². The van der Waals surface area contributed by atoms with Crippen LogP contribution in [0.5, 0.6) is 0 Å². The van der Waals surface area contributed by atoms with Gasteiger partial charge in [-0.2, -0.15) is 0 Å². The van der Waals surface area contributed by atoms with Crippen LogP contribution >= 0.6 is 0 Å². The van der Waals surface area contributed by atoms with Gasteiger partial charge >= 0.3 is 5.97 Å². The topological polar surface area (TPSA) is 29.5 Å². The highest BCUT2D eigenvalue weighted by molar-refractivity contribution is 5.89. The maximum Gasteiger partial charge on any atom is 0.338 e. The van der Waals surface area contributed by atoms with Crippen LogP contribution in [-0.4, -0.2) is 36.1 Å². The van der Waals surface area contributed by atoms with Gasteiger partial charge in [0.05, 0.1) is 11.1 Å². The van der Waals surface area contributed by atoms with E-state index < -0.39 is 0 Å². The lowest BCUT2D eigenvalue weighted by Crippen LogP contribution is -2.57. The van der Waals surface area contributed by atoms with E-state index in [0.717, 1.165) is 24.7 Å². The summed E-state index contributed by atoms with van der Waals surface area (Å²) < 4.78 is 6.19. The first-order chi connectivity index (χ1) is 10.0. The van der Waals surface area contributed by atoms with Gasteiger partial charge in [0.2, 0.25) is 0 Å². The van der Waals surface area contributed by atoms with Crippen molar-refractivity contribution in [1.82, 2.24) is 4.90 Å². The van der Waals surface area contributed by atoms with Gasteiger partial charge in [-0.15, -0.1) is 0 Å². The van der Waals surface area contributed by atoms with Crippen molar-refractivity contribution in [2.75, 3.05) is 14.1 Å². The molecule has 112 valence electrons. The van der Waals surface area contributed by atoms with Gasteiger partial charge in [-0.1, -0.05) is 18.2 Å². The lowest BCUT2D eigenvalue weighted by molar-refractivity contribution is -0.0758. The Kier molecular flexibility index (Phi) is 2.74. The third-order valence-corrected chi connectivity index (χ3v) is 6.16. The van der Waals surface area contributed by atoms with Crippen LogP contribution in [0.3, 0.4) is 0 Å². The van der Waals surface area contributed by atoms with Crippen LogP contribution in [0, 0.1) is 11.8 Å². The van der Waals surface area contributed by atoms with Crippen molar-refractivity contribution < 1.29 is 9.53 Å². The van der Waals surface area contributed by atoms with Gasteiger partial charge in [0.15, 0.2) is 0 Å². The summed E-state index contributed by atoms with van der Waals surface area (Å²) in [6, 6.07) is 9.42. The second-order valence-corrected chi connectivity index (χ2v) is 7.46. The third-order valence-electron chi connectivity index (χ3n) is 6.16. The number of likely N-dealkylation sites (N-methyl/N-ethyl adjacent to an activating group) is 1. The van der Waals surface area contributed by atoms with E-state index in [-0.39, 0.29) is 17.1 Å². The summed E-state index contributed by atoms with van der Waals surface area (Å²) in [4.78, 5) is 14.9. The van der Waals surface area contributed by atoms with Crippen molar-refractivity contribution in [3.63, 3.8) is 0 Å². The molecule has 2 atom stereocenters. The van der Waals surface area contributed by atoms with E-state index in [1.807, 2.05) is 30.3 Å². The molecule has 4 fully saturated rings. The van der Waals surface area contributed by atoms with Gasteiger partial charge in [-0.25, -0.2) is 4.79 Å². The molecular formula is C18H23NO2. The SMILES string of the molecule is CN(C)C12C[C@H]3C[C@@H](CC1(OC(=O)c1ccccc1)C3)C2. The van der Waals surface area contributed by atoms with Crippen LogP contribution < -0.4 is 0 Å². The molecule has 3 heteroatoms. The summed E-state index contributed by atoms with van der Waals surface area (Å²) in [7, 11) is 4.31. The summed E-state index contributed by atoms with van der Waals surface area (Å²) >= 11 is 0. The maximum absolute atomic E-state index is 12.6. The zero-order chi connectivity index (χ0) is 14.7. The number of hydrogen-bond donors (Lipinski definition) is 0. The highest BCUT2D eigenvalue weighted by atomic mass is 16.6. The van der Waals surface area contributed by atoms with Gasteiger partial charge < -0.3 is 9.64 Å². The third kappa shape index (κ3) is 1.73. The lowest BCUT2D eigenvalue weighted by Gasteiger charge is -2.44. The largest absolute Gasteiger partial charge is 0.453 e. The summed E-state index contributed by atoms with van der Waals surface area (Å²) in [5.41, 5.74) is 0.495. The van der Waals surface area contributed by atoms with E-state index >= 15 is 0 Å². The molecule has 0 spiro atoms. The molecule has 3 nitrogen and oxygen atoms in total. The zero-order valence-corrected chi connectivity index (χ0v) is 12.8. The van der Waals surface area contributed by atoms with Crippen LogP contribution in [0.4, 0.5) is 0 Å². The molecule has 4 aliphatic carbocycles. The van der Waals surface area contributed by atoms with Gasteiger partial charge in [0.1, 0.15) is 5.60 Å². The fourth-order valence-electron chi connectivity index (χ4n) is 5.52. The normalized spacial score (nSPS) is 40.0. The summed E-state index contributed by atoms with van der Waals surface area (Å²) in [6.07, 6.45) is 5.83. The molecule has 0 radical (unpaired) electrons. The Morgan fingerprint density at radius 1 is 1.10 bits per heavy atom. The first-order valence-corrected chi connectivity index (χ1v) is 8.00. The molecule has 0 saturated heterocycles. The Bertz CT molecular complexity index is 552. The number of benzene rings is 1. The van der Waals surface area contributed by atoms with Gasteiger partial charge in [0, 0.05) is 0 Å². The molecule has 0 aromatic heterocycles. The summed E-state index contributed by atoms with van der Waals surface area (Å²) in [5.74, 6) is 1.33.